The van der Waals surface area contributed by atoms with Crippen LogP contribution in [0.3, 0.4) is 0 Å². The van der Waals surface area contributed by atoms with E-state index < -0.39 is 0 Å². The number of hydrogen-bond acceptors (Lipinski definition) is 4. The van der Waals surface area contributed by atoms with E-state index in [-0.39, 0.29) is 17.4 Å². The second kappa shape index (κ2) is 4.59. The molecule has 1 amide bonds. The molecule has 0 radical (unpaired) electrons. The van der Waals surface area contributed by atoms with Gasteiger partial charge in [0.25, 0.3) is 0 Å². The number of nitrogens with two attached hydrogens (primary N) is 1. The Labute approximate surface area is 112 Å². The number of amides is 1. The van der Waals surface area contributed by atoms with Crippen LogP contribution in [0.2, 0.25) is 0 Å². The molecule has 1 aromatic rings. The molecule has 2 N–H and O–H groups in total. The molecule has 1 spiro atoms. The van der Waals surface area contributed by atoms with Crippen molar-refractivity contribution in [1.82, 2.24) is 19.9 Å². The molecule has 2 aliphatic rings. The number of hydrogen-bond donors (Lipinski definition) is 1. The van der Waals surface area contributed by atoms with Gasteiger partial charge in [-0.3, -0.25) is 9.48 Å². The van der Waals surface area contributed by atoms with Gasteiger partial charge >= 0.3 is 0 Å². The third-order valence-corrected chi connectivity index (χ3v) is 4.65. The van der Waals surface area contributed by atoms with E-state index in [1.54, 1.807) is 4.68 Å². The van der Waals surface area contributed by atoms with Gasteiger partial charge in [-0.1, -0.05) is 11.6 Å². The number of nitrogens with zero attached hydrogens (tertiary/aromatic N) is 4. The molecule has 1 atom stereocenters. The molecular weight excluding hydrogens is 242 g/mol. The first kappa shape index (κ1) is 12.6. The Morgan fingerprint density at radius 3 is 2.89 bits per heavy atom. The van der Waals surface area contributed by atoms with Crippen LogP contribution in [-0.2, 0) is 17.8 Å². The minimum atomic E-state index is 0.127. The van der Waals surface area contributed by atoms with Crippen LogP contribution in [-0.4, -0.2) is 44.9 Å². The van der Waals surface area contributed by atoms with Gasteiger partial charge < -0.3 is 10.6 Å². The fourth-order valence-corrected chi connectivity index (χ4v) is 3.18. The Hall–Kier alpha value is -1.43. The summed E-state index contributed by atoms with van der Waals surface area (Å²) >= 11 is 0. The van der Waals surface area contributed by atoms with E-state index in [9.17, 15) is 4.79 Å². The third-order valence-electron chi connectivity index (χ3n) is 4.65. The van der Waals surface area contributed by atoms with Crippen molar-refractivity contribution < 1.29 is 4.79 Å². The molecule has 0 aromatic carbocycles. The van der Waals surface area contributed by atoms with Crippen LogP contribution < -0.4 is 5.73 Å². The lowest BCUT2D eigenvalue weighted by Gasteiger charge is -2.41. The molecule has 6 heteroatoms. The second-order valence-corrected chi connectivity index (χ2v) is 5.84. The minimum Gasteiger partial charge on any atom is -0.340 e. The second-order valence-electron chi connectivity index (χ2n) is 5.84. The molecule has 1 saturated carbocycles. The van der Waals surface area contributed by atoms with Gasteiger partial charge in [0.15, 0.2) is 0 Å². The number of carbonyl (C=O) groups is 1. The zero-order valence-electron chi connectivity index (χ0n) is 11.4. The SMILES string of the molecule is CCn1cc(CC(=O)N2CC(N)C3(CCC3)C2)nn1. The van der Waals surface area contributed by atoms with Crippen LogP contribution in [0.25, 0.3) is 0 Å². The Kier molecular flexibility index (Phi) is 3.05. The molecule has 19 heavy (non-hydrogen) atoms. The summed E-state index contributed by atoms with van der Waals surface area (Å²) in [7, 11) is 0. The third kappa shape index (κ3) is 2.14. The van der Waals surface area contributed by atoms with Crippen molar-refractivity contribution in [2.24, 2.45) is 11.1 Å². The monoisotopic (exact) mass is 263 g/mol. The fraction of sp³-hybridized carbons (Fsp3) is 0.769. The summed E-state index contributed by atoms with van der Waals surface area (Å²) in [4.78, 5) is 14.2. The van der Waals surface area contributed by atoms with Crippen molar-refractivity contribution >= 4 is 5.91 Å². The highest BCUT2D eigenvalue weighted by Crippen LogP contribution is 2.47. The van der Waals surface area contributed by atoms with Crippen LogP contribution in [0.15, 0.2) is 6.20 Å². The van der Waals surface area contributed by atoms with Crippen molar-refractivity contribution in [1.29, 1.82) is 0 Å². The zero-order valence-corrected chi connectivity index (χ0v) is 11.4. The molecule has 3 rings (SSSR count). The fourth-order valence-electron chi connectivity index (χ4n) is 3.18. The minimum absolute atomic E-state index is 0.127. The summed E-state index contributed by atoms with van der Waals surface area (Å²) in [5.41, 5.74) is 7.16. The zero-order chi connectivity index (χ0) is 13.5. The topological polar surface area (TPSA) is 77.0 Å². The van der Waals surface area contributed by atoms with Crippen molar-refractivity contribution in [3.8, 4) is 0 Å². The Bertz CT molecular complexity index is 479. The quantitative estimate of drug-likeness (QED) is 0.844. The average Bonchev–Trinajstić information content (AvgIpc) is 2.92. The molecule has 1 saturated heterocycles. The maximum Gasteiger partial charge on any atom is 0.228 e. The van der Waals surface area contributed by atoms with E-state index in [4.69, 9.17) is 5.73 Å². The summed E-state index contributed by atoms with van der Waals surface area (Å²) in [5, 5.41) is 7.98. The average molecular weight is 263 g/mol. The van der Waals surface area contributed by atoms with Gasteiger partial charge in [0.05, 0.1) is 12.1 Å². The first-order chi connectivity index (χ1) is 9.13. The highest BCUT2D eigenvalue weighted by Gasteiger charge is 2.49. The van der Waals surface area contributed by atoms with Crippen molar-refractivity contribution in [3.63, 3.8) is 0 Å². The highest BCUT2D eigenvalue weighted by molar-refractivity contribution is 5.78. The van der Waals surface area contributed by atoms with E-state index >= 15 is 0 Å². The van der Waals surface area contributed by atoms with Crippen LogP contribution in [0.1, 0.15) is 31.9 Å². The number of aromatic nitrogens is 3. The summed E-state index contributed by atoms with van der Waals surface area (Å²) < 4.78 is 1.74. The van der Waals surface area contributed by atoms with Gasteiger partial charge in [-0.2, -0.15) is 0 Å². The molecule has 0 bridgehead atoms. The summed E-state index contributed by atoms with van der Waals surface area (Å²) in [6.07, 6.45) is 5.77. The molecule has 1 aliphatic heterocycles. The standard InChI is InChI=1S/C13H21N5O/c1-2-18-7-10(15-16-18)6-12(19)17-8-11(14)13(9-17)4-3-5-13/h7,11H,2-6,8-9,14H2,1H3. The molecule has 1 aliphatic carbocycles. The van der Waals surface area contributed by atoms with Gasteiger partial charge in [0.1, 0.15) is 0 Å². The summed E-state index contributed by atoms with van der Waals surface area (Å²) in [6.45, 7) is 4.30. The van der Waals surface area contributed by atoms with Gasteiger partial charge in [-0.05, 0) is 19.8 Å². The maximum absolute atomic E-state index is 12.3. The molecule has 2 heterocycles. The normalized spacial score (nSPS) is 24.7. The van der Waals surface area contributed by atoms with Crippen LogP contribution in [0, 0.1) is 5.41 Å². The van der Waals surface area contributed by atoms with Crippen molar-refractivity contribution in [2.45, 2.75) is 45.2 Å². The van der Waals surface area contributed by atoms with Crippen LogP contribution in [0.5, 0.6) is 0 Å². The first-order valence-electron chi connectivity index (χ1n) is 7.05. The van der Waals surface area contributed by atoms with Crippen molar-refractivity contribution in [2.75, 3.05) is 13.1 Å². The molecule has 1 unspecified atom stereocenters. The number of carbonyl (C=O) groups excluding carboxylic acids is 1. The lowest BCUT2D eigenvalue weighted by atomic mass is 9.66. The number of aryl methyl sites for hydroxylation is 1. The van der Waals surface area contributed by atoms with E-state index in [1.807, 2.05) is 18.0 Å². The molecule has 2 fully saturated rings. The number of likely N-dealkylation sites (tertiary alicyclic amines) is 1. The van der Waals surface area contributed by atoms with Gasteiger partial charge in [-0.15, -0.1) is 5.10 Å². The summed E-state index contributed by atoms with van der Waals surface area (Å²) in [5.74, 6) is 0.127. The first-order valence-corrected chi connectivity index (χ1v) is 7.05. The van der Waals surface area contributed by atoms with Gasteiger partial charge in [-0.25, -0.2) is 0 Å². The molecule has 104 valence electrons. The van der Waals surface area contributed by atoms with E-state index in [1.165, 1.54) is 19.3 Å². The van der Waals surface area contributed by atoms with E-state index in [2.05, 4.69) is 10.3 Å². The Morgan fingerprint density at radius 2 is 2.37 bits per heavy atom. The predicted octanol–water partition coefficient (Wildman–Crippen LogP) is 0.180. The van der Waals surface area contributed by atoms with E-state index in [0.717, 1.165) is 18.8 Å². The Balaban J connectivity index is 1.62. The van der Waals surface area contributed by atoms with Crippen molar-refractivity contribution in [3.05, 3.63) is 11.9 Å². The maximum atomic E-state index is 12.3. The van der Waals surface area contributed by atoms with Crippen LogP contribution >= 0.6 is 0 Å². The predicted molar refractivity (Wildman–Crippen MR) is 70.2 cm³/mol. The highest BCUT2D eigenvalue weighted by atomic mass is 16.2. The molecule has 6 nitrogen and oxygen atoms in total. The largest absolute Gasteiger partial charge is 0.340 e. The number of rotatable bonds is 3. The Morgan fingerprint density at radius 1 is 1.58 bits per heavy atom. The van der Waals surface area contributed by atoms with Gasteiger partial charge in [0.2, 0.25) is 5.91 Å². The summed E-state index contributed by atoms with van der Waals surface area (Å²) in [6, 6.07) is 0.150. The smallest absolute Gasteiger partial charge is 0.228 e. The molecular formula is C13H21N5O. The van der Waals surface area contributed by atoms with Crippen LogP contribution in [0.4, 0.5) is 0 Å². The van der Waals surface area contributed by atoms with Gasteiger partial charge in [0, 0.05) is 37.3 Å². The van der Waals surface area contributed by atoms with E-state index in [0.29, 0.717) is 13.0 Å². The lowest BCUT2D eigenvalue weighted by molar-refractivity contribution is -0.130. The molecule has 1 aromatic heterocycles. The lowest BCUT2D eigenvalue weighted by Crippen LogP contribution is -2.45.